The molecule has 0 bridgehead atoms. The normalized spacial score (nSPS) is 19.2. The number of benzene rings is 1. The standard InChI is InChI=1S/C24H35N3O7S/c1-10-15-35(31)17-13-11-16(12-14-17)18-24(8,19(28)26(9)25-18)27(20(29)32-22(2,3)4)34-21(30)33-23(5,6)7/h11-14H,10,15H2,1-9H3. The predicted molar refractivity (Wildman–Crippen MR) is 131 cm³/mol. The Morgan fingerprint density at radius 3 is 2.09 bits per heavy atom. The largest absolute Gasteiger partial charge is 0.534 e. The van der Waals surface area contributed by atoms with Gasteiger partial charge in [0.25, 0.3) is 5.91 Å². The maximum atomic E-state index is 13.3. The molecule has 0 spiro atoms. The number of nitrogens with zero attached hydrogens (tertiary/aromatic N) is 3. The summed E-state index contributed by atoms with van der Waals surface area (Å²) < 4.78 is 23.0. The Kier molecular flexibility index (Phi) is 8.36. The first-order valence-corrected chi connectivity index (χ1v) is 12.6. The number of carbonyl (C=O) groups is 3. The molecule has 0 saturated carbocycles. The van der Waals surface area contributed by atoms with Crippen molar-refractivity contribution in [1.82, 2.24) is 10.1 Å². The molecule has 1 aliphatic heterocycles. The van der Waals surface area contributed by atoms with Gasteiger partial charge in [0.05, 0.1) is 10.8 Å². The average molecular weight is 510 g/mol. The van der Waals surface area contributed by atoms with Crippen LogP contribution in [0, 0.1) is 0 Å². The van der Waals surface area contributed by atoms with Gasteiger partial charge in [0.1, 0.15) is 16.9 Å². The maximum absolute atomic E-state index is 13.3. The maximum Gasteiger partial charge on any atom is 0.534 e. The molecule has 1 aromatic carbocycles. The third-order valence-electron chi connectivity index (χ3n) is 4.72. The highest BCUT2D eigenvalue weighted by atomic mass is 32.2. The minimum absolute atomic E-state index is 0.146. The van der Waals surface area contributed by atoms with Crippen LogP contribution in [0.1, 0.15) is 67.4 Å². The molecule has 2 rings (SSSR count). The van der Waals surface area contributed by atoms with E-state index < -0.39 is 45.7 Å². The number of carbonyl (C=O) groups excluding carboxylic acids is 3. The Morgan fingerprint density at radius 1 is 1.06 bits per heavy atom. The van der Waals surface area contributed by atoms with Gasteiger partial charge in [-0.15, -0.1) is 5.06 Å². The summed E-state index contributed by atoms with van der Waals surface area (Å²) in [5.74, 6) is -0.101. The Hall–Kier alpha value is -2.95. The fraction of sp³-hybridized carbons (Fsp3) is 0.583. The van der Waals surface area contributed by atoms with E-state index in [1.54, 1.807) is 65.8 Å². The van der Waals surface area contributed by atoms with Crippen LogP contribution in [-0.2, 0) is 29.9 Å². The molecule has 0 aromatic heterocycles. The van der Waals surface area contributed by atoms with Gasteiger partial charge in [0, 0.05) is 23.3 Å². The molecule has 2 atom stereocenters. The summed E-state index contributed by atoms with van der Waals surface area (Å²) in [5.41, 5.74) is -3.10. The lowest BCUT2D eigenvalue weighted by atomic mass is 9.90. The topological polar surface area (TPSA) is 115 Å². The van der Waals surface area contributed by atoms with E-state index in [0.717, 1.165) is 11.4 Å². The Morgan fingerprint density at radius 2 is 1.60 bits per heavy atom. The highest BCUT2D eigenvalue weighted by Gasteiger charge is 2.57. The van der Waals surface area contributed by atoms with Crippen LogP contribution in [0.15, 0.2) is 34.3 Å². The Balaban J connectivity index is 2.54. The quantitative estimate of drug-likeness (QED) is 0.431. The molecule has 2 unspecified atom stereocenters. The van der Waals surface area contributed by atoms with Crippen molar-refractivity contribution in [2.24, 2.45) is 5.10 Å². The van der Waals surface area contributed by atoms with Crippen LogP contribution < -0.4 is 0 Å². The van der Waals surface area contributed by atoms with Gasteiger partial charge in [-0.25, -0.2) is 14.6 Å². The monoisotopic (exact) mass is 509 g/mol. The molecule has 1 heterocycles. The van der Waals surface area contributed by atoms with Gasteiger partial charge < -0.3 is 9.47 Å². The Bertz CT molecular complexity index is 1030. The second kappa shape index (κ2) is 10.3. The second-order valence-electron chi connectivity index (χ2n) is 10.3. The minimum Gasteiger partial charge on any atom is -0.442 e. The molecule has 1 aliphatic rings. The van der Waals surface area contributed by atoms with Crippen molar-refractivity contribution in [3.8, 4) is 0 Å². The number of rotatable bonds is 5. The third kappa shape index (κ3) is 6.81. The third-order valence-corrected chi connectivity index (χ3v) is 6.30. The molecule has 10 nitrogen and oxygen atoms in total. The van der Waals surface area contributed by atoms with Crippen molar-refractivity contribution in [2.45, 2.75) is 83.4 Å². The van der Waals surface area contributed by atoms with E-state index in [-0.39, 0.29) is 5.71 Å². The Labute approximate surface area is 209 Å². The lowest BCUT2D eigenvalue weighted by Gasteiger charge is -2.36. The fourth-order valence-corrected chi connectivity index (χ4v) is 4.30. The van der Waals surface area contributed by atoms with E-state index in [1.807, 2.05) is 6.92 Å². The predicted octanol–water partition coefficient (Wildman–Crippen LogP) is 4.24. The van der Waals surface area contributed by atoms with Gasteiger partial charge in [-0.2, -0.15) is 5.10 Å². The van der Waals surface area contributed by atoms with E-state index in [0.29, 0.717) is 21.3 Å². The lowest BCUT2D eigenvalue weighted by Crippen LogP contribution is -2.61. The summed E-state index contributed by atoms with van der Waals surface area (Å²) >= 11 is 0. The summed E-state index contributed by atoms with van der Waals surface area (Å²) in [5, 5.41) is 5.96. The number of likely N-dealkylation sites (N-methyl/N-ethyl adjacent to an activating group) is 1. The van der Waals surface area contributed by atoms with Gasteiger partial charge in [-0.3, -0.25) is 13.8 Å². The first-order chi connectivity index (χ1) is 16.0. The number of hydroxylamine groups is 2. The van der Waals surface area contributed by atoms with Crippen LogP contribution in [0.3, 0.4) is 0 Å². The number of hydrogen-bond donors (Lipinski definition) is 0. The zero-order chi connectivity index (χ0) is 26.8. The molecule has 0 radical (unpaired) electrons. The van der Waals surface area contributed by atoms with Gasteiger partial charge in [-0.05, 0) is 67.0 Å². The second-order valence-corrected chi connectivity index (χ2v) is 11.8. The highest BCUT2D eigenvalue weighted by molar-refractivity contribution is 7.85. The summed E-state index contributed by atoms with van der Waals surface area (Å²) in [6.45, 7) is 13.2. The van der Waals surface area contributed by atoms with Gasteiger partial charge in [0.15, 0.2) is 0 Å². The smallest absolute Gasteiger partial charge is 0.442 e. The average Bonchev–Trinajstić information content (AvgIpc) is 2.94. The molecule has 0 aliphatic carbocycles. The number of ether oxygens (including phenoxy) is 2. The van der Waals surface area contributed by atoms with E-state index in [9.17, 15) is 18.6 Å². The van der Waals surface area contributed by atoms with Gasteiger partial charge >= 0.3 is 12.2 Å². The zero-order valence-corrected chi connectivity index (χ0v) is 22.6. The SMILES string of the molecule is CCCS(=O)c1ccc(C2=NN(C)C(=O)C2(C)N(OC(=O)OC(C)(C)C)C(=O)OC(C)(C)C)cc1. The summed E-state index contributed by atoms with van der Waals surface area (Å²) in [7, 11) is 0.270. The van der Waals surface area contributed by atoms with Gasteiger partial charge in [-0.1, -0.05) is 19.1 Å². The first kappa shape index (κ1) is 28.3. The molecular formula is C24H35N3O7S. The van der Waals surface area contributed by atoms with E-state index in [1.165, 1.54) is 14.0 Å². The van der Waals surface area contributed by atoms with Crippen LogP contribution in [-0.4, -0.2) is 67.7 Å². The molecule has 2 amide bonds. The van der Waals surface area contributed by atoms with Crippen molar-refractivity contribution in [1.29, 1.82) is 0 Å². The van der Waals surface area contributed by atoms with Crippen LogP contribution in [0.4, 0.5) is 9.59 Å². The summed E-state index contributed by atoms with van der Waals surface area (Å²) in [4.78, 5) is 45.0. The van der Waals surface area contributed by atoms with Crippen molar-refractivity contribution in [3.63, 3.8) is 0 Å². The molecule has 1 aromatic rings. The summed E-state index contributed by atoms with van der Waals surface area (Å²) in [6.07, 6.45) is -1.48. The number of amides is 2. The van der Waals surface area contributed by atoms with E-state index >= 15 is 0 Å². The van der Waals surface area contributed by atoms with Crippen molar-refractivity contribution in [2.75, 3.05) is 12.8 Å². The van der Waals surface area contributed by atoms with Crippen molar-refractivity contribution >= 4 is 34.7 Å². The van der Waals surface area contributed by atoms with Gasteiger partial charge in [0.2, 0.25) is 5.54 Å². The van der Waals surface area contributed by atoms with Crippen LogP contribution in [0.2, 0.25) is 0 Å². The fourth-order valence-electron chi connectivity index (χ4n) is 3.26. The lowest BCUT2D eigenvalue weighted by molar-refractivity contribution is -0.176. The molecule has 0 N–H and O–H groups in total. The first-order valence-electron chi connectivity index (χ1n) is 11.3. The number of hydrazone groups is 1. The van der Waals surface area contributed by atoms with E-state index in [4.69, 9.17) is 14.3 Å². The van der Waals surface area contributed by atoms with E-state index in [2.05, 4.69) is 5.10 Å². The highest BCUT2D eigenvalue weighted by Crippen LogP contribution is 2.32. The zero-order valence-electron chi connectivity index (χ0n) is 21.8. The molecule has 0 fully saturated rings. The van der Waals surface area contributed by atoms with Crippen molar-refractivity contribution < 1.29 is 32.9 Å². The summed E-state index contributed by atoms with van der Waals surface area (Å²) in [6, 6.07) is 6.68. The molecule has 194 valence electrons. The molecular weight excluding hydrogens is 474 g/mol. The molecule has 11 heteroatoms. The molecule has 0 saturated heterocycles. The minimum atomic E-state index is -1.86. The van der Waals surface area contributed by atoms with Crippen LogP contribution in [0.25, 0.3) is 0 Å². The van der Waals surface area contributed by atoms with Crippen LogP contribution in [0.5, 0.6) is 0 Å². The number of hydrogen-bond acceptors (Lipinski definition) is 8. The van der Waals surface area contributed by atoms with Crippen molar-refractivity contribution in [3.05, 3.63) is 29.8 Å². The molecule has 35 heavy (non-hydrogen) atoms. The van der Waals surface area contributed by atoms with Crippen LogP contribution >= 0.6 is 0 Å².